The molecule has 0 spiro atoms. The molecule has 1 aromatic carbocycles. The van der Waals surface area contributed by atoms with Gasteiger partial charge >= 0.3 is 0 Å². The molecule has 114 valence electrons. The van der Waals surface area contributed by atoms with Gasteiger partial charge in [-0.1, -0.05) is 30.3 Å². The van der Waals surface area contributed by atoms with Crippen LogP contribution >= 0.6 is 0 Å². The van der Waals surface area contributed by atoms with Gasteiger partial charge in [-0.2, -0.15) is 0 Å². The molecule has 0 saturated carbocycles. The van der Waals surface area contributed by atoms with Crippen molar-refractivity contribution < 1.29 is 23.2 Å². The average Bonchev–Trinajstić information content (AvgIpc) is 2.83. The zero-order valence-electron chi connectivity index (χ0n) is 11.9. The van der Waals surface area contributed by atoms with Crippen LogP contribution < -0.4 is 10.0 Å². The molecule has 0 aliphatic carbocycles. The SMILES string of the molecule is C[C@@H]1[C@@H](C(=O)[O-])[C@@H]2CS(=O)(=O)C[C@@H]2[NH+]1Cc1ccccc1. The Bertz CT molecular complexity index is 643. The lowest BCUT2D eigenvalue weighted by Gasteiger charge is -2.26. The summed E-state index contributed by atoms with van der Waals surface area (Å²) in [4.78, 5) is 12.5. The van der Waals surface area contributed by atoms with Crippen molar-refractivity contribution in [2.24, 2.45) is 11.8 Å². The summed E-state index contributed by atoms with van der Waals surface area (Å²) in [7, 11) is -3.13. The number of carbonyl (C=O) groups is 1. The normalized spacial score (nSPS) is 37.3. The number of rotatable bonds is 3. The van der Waals surface area contributed by atoms with Crippen molar-refractivity contribution in [1.29, 1.82) is 0 Å². The summed E-state index contributed by atoms with van der Waals surface area (Å²) < 4.78 is 23.8. The summed E-state index contributed by atoms with van der Waals surface area (Å²) in [6.45, 7) is 2.55. The van der Waals surface area contributed by atoms with Crippen molar-refractivity contribution in [1.82, 2.24) is 0 Å². The second-order valence-electron chi connectivity index (χ2n) is 6.22. The molecule has 0 aromatic heterocycles. The van der Waals surface area contributed by atoms with E-state index in [1.54, 1.807) is 0 Å². The van der Waals surface area contributed by atoms with Gasteiger partial charge in [0.15, 0.2) is 9.84 Å². The fraction of sp³-hybridized carbons (Fsp3) is 0.533. The molecule has 2 aliphatic rings. The molecule has 0 amide bonds. The molecule has 2 saturated heterocycles. The molecule has 2 heterocycles. The van der Waals surface area contributed by atoms with Gasteiger partial charge in [-0.3, -0.25) is 0 Å². The minimum Gasteiger partial charge on any atom is -0.550 e. The monoisotopic (exact) mass is 309 g/mol. The van der Waals surface area contributed by atoms with E-state index in [1.807, 2.05) is 37.3 Å². The molecule has 5 atom stereocenters. The number of likely N-dealkylation sites (tertiary alicyclic amines) is 1. The lowest BCUT2D eigenvalue weighted by Crippen LogP contribution is -3.16. The maximum atomic E-state index is 11.9. The van der Waals surface area contributed by atoms with E-state index in [-0.39, 0.29) is 29.5 Å². The Morgan fingerprint density at radius 3 is 2.57 bits per heavy atom. The van der Waals surface area contributed by atoms with Crippen LogP contribution in [0.5, 0.6) is 0 Å². The van der Waals surface area contributed by atoms with E-state index < -0.39 is 21.7 Å². The summed E-state index contributed by atoms with van der Waals surface area (Å²) in [5.74, 6) is -2.02. The molecule has 6 heteroatoms. The standard InChI is InChI=1S/C15H19NO4S/c1-10-14(15(17)18)12-8-21(19,20)9-13(12)16(10)7-11-5-3-2-4-6-11/h2-6,10,12-14H,7-9H2,1H3,(H,17,18)/t10-,12-,13+,14-/m1/s1. The average molecular weight is 309 g/mol. The maximum absolute atomic E-state index is 11.9. The highest BCUT2D eigenvalue weighted by Crippen LogP contribution is 2.31. The first kappa shape index (κ1) is 14.5. The van der Waals surface area contributed by atoms with Crippen LogP contribution in [0.3, 0.4) is 0 Å². The van der Waals surface area contributed by atoms with E-state index in [4.69, 9.17) is 0 Å². The number of carbonyl (C=O) groups excluding carboxylic acids is 1. The summed E-state index contributed by atoms with van der Waals surface area (Å²) in [6, 6.07) is 9.53. The van der Waals surface area contributed by atoms with Gasteiger partial charge in [-0.25, -0.2) is 8.42 Å². The van der Waals surface area contributed by atoms with Crippen molar-refractivity contribution >= 4 is 15.8 Å². The Morgan fingerprint density at radius 1 is 1.29 bits per heavy atom. The van der Waals surface area contributed by atoms with Gasteiger partial charge < -0.3 is 14.8 Å². The number of carboxylic acid groups (broad SMARTS) is 1. The van der Waals surface area contributed by atoms with Crippen LogP contribution in [0.1, 0.15) is 12.5 Å². The van der Waals surface area contributed by atoms with Crippen LogP contribution in [-0.4, -0.2) is 38.0 Å². The molecule has 1 unspecified atom stereocenters. The number of nitrogens with one attached hydrogen (secondary N) is 1. The Labute approximate surface area is 124 Å². The van der Waals surface area contributed by atoms with Crippen molar-refractivity contribution in [3.05, 3.63) is 35.9 Å². The predicted octanol–water partition coefficient (Wildman–Crippen LogP) is -1.75. The van der Waals surface area contributed by atoms with E-state index in [1.165, 1.54) is 0 Å². The van der Waals surface area contributed by atoms with Crippen LogP contribution in [0.2, 0.25) is 0 Å². The Kier molecular flexibility index (Phi) is 3.53. The van der Waals surface area contributed by atoms with Gasteiger partial charge in [0, 0.05) is 11.5 Å². The number of quaternary nitrogens is 1. The van der Waals surface area contributed by atoms with Crippen LogP contribution in [0.4, 0.5) is 0 Å². The highest BCUT2D eigenvalue weighted by molar-refractivity contribution is 7.91. The lowest BCUT2D eigenvalue weighted by atomic mass is 9.90. The van der Waals surface area contributed by atoms with Crippen molar-refractivity contribution in [3.8, 4) is 0 Å². The van der Waals surface area contributed by atoms with Gasteiger partial charge in [0.05, 0.1) is 23.7 Å². The Hall–Kier alpha value is -1.40. The molecule has 2 fully saturated rings. The first-order chi connectivity index (χ1) is 9.89. The number of sulfone groups is 1. The fourth-order valence-electron chi connectivity index (χ4n) is 4.05. The largest absolute Gasteiger partial charge is 0.550 e. The van der Waals surface area contributed by atoms with Crippen LogP contribution in [0.25, 0.3) is 0 Å². The molecule has 3 rings (SSSR count). The van der Waals surface area contributed by atoms with E-state index in [9.17, 15) is 18.3 Å². The van der Waals surface area contributed by atoms with Crippen molar-refractivity contribution in [2.45, 2.75) is 25.6 Å². The zero-order valence-corrected chi connectivity index (χ0v) is 12.7. The number of aliphatic carboxylic acids is 1. The number of hydrogen-bond donors (Lipinski definition) is 1. The molecule has 2 aliphatic heterocycles. The first-order valence-electron chi connectivity index (χ1n) is 7.20. The lowest BCUT2D eigenvalue weighted by molar-refractivity contribution is -0.947. The molecule has 1 N–H and O–H groups in total. The minimum atomic E-state index is -3.13. The number of benzene rings is 1. The number of fused-ring (bicyclic) bond motifs is 1. The molecule has 21 heavy (non-hydrogen) atoms. The maximum Gasteiger partial charge on any atom is 0.156 e. The molecule has 5 nitrogen and oxygen atoms in total. The summed E-state index contributed by atoms with van der Waals surface area (Å²) in [5.41, 5.74) is 1.10. The summed E-state index contributed by atoms with van der Waals surface area (Å²) in [6.07, 6.45) is 0. The highest BCUT2D eigenvalue weighted by atomic mass is 32.2. The third kappa shape index (κ3) is 2.58. The van der Waals surface area contributed by atoms with Gasteiger partial charge in [-0.15, -0.1) is 0 Å². The van der Waals surface area contributed by atoms with Crippen LogP contribution in [-0.2, 0) is 21.2 Å². The van der Waals surface area contributed by atoms with Crippen LogP contribution in [0.15, 0.2) is 30.3 Å². The second kappa shape index (κ2) is 5.10. The zero-order chi connectivity index (χ0) is 15.2. The Balaban J connectivity index is 1.91. The molecule has 1 aromatic rings. The van der Waals surface area contributed by atoms with Gasteiger partial charge in [0.2, 0.25) is 0 Å². The van der Waals surface area contributed by atoms with Crippen molar-refractivity contribution in [3.63, 3.8) is 0 Å². The first-order valence-corrected chi connectivity index (χ1v) is 9.02. The third-order valence-electron chi connectivity index (χ3n) is 4.98. The van der Waals surface area contributed by atoms with Crippen LogP contribution in [0, 0.1) is 11.8 Å². The minimum absolute atomic E-state index is 0.0149. The van der Waals surface area contributed by atoms with E-state index in [0.717, 1.165) is 10.5 Å². The molecular weight excluding hydrogens is 290 g/mol. The number of carboxylic acids is 1. The number of hydrogen-bond acceptors (Lipinski definition) is 4. The van der Waals surface area contributed by atoms with E-state index >= 15 is 0 Å². The van der Waals surface area contributed by atoms with Gasteiger partial charge in [0.25, 0.3) is 0 Å². The quantitative estimate of drug-likeness (QED) is 0.718. The second-order valence-corrected chi connectivity index (χ2v) is 8.37. The highest BCUT2D eigenvalue weighted by Gasteiger charge is 2.57. The predicted molar refractivity (Wildman–Crippen MR) is 75.0 cm³/mol. The molecule has 0 bridgehead atoms. The summed E-state index contributed by atoms with van der Waals surface area (Å²) in [5, 5.41) is 11.4. The third-order valence-corrected chi connectivity index (χ3v) is 6.74. The van der Waals surface area contributed by atoms with Gasteiger partial charge in [0.1, 0.15) is 18.3 Å². The van der Waals surface area contributed by atoms with Gasteiger partial charge in [-0.05, 0) is 6.92 Å². The van der Waals surface area contributed by atoms with Crippen molar-refractivity contribution in [2.75, 3.05) is 11.5 Å². The topological polar surface area (TPSA) is 78.7 Å². The van der Waals surface area contributed by atoms with E-state index in [0.29, 0.717) is 6.54 Å². The Morgan fingerprint density at radius 2 is 1.95 bits per heavy atom. The molecular formula is C15H19NO4S. The smallest absolute Gasteiger partial charge is 0.156 e. The molecule has 0 radical (unpaired) electrons. The summed E-state index contributed by atoms with van der Waals surface area (Å²) >= 11 is 0. The van der Waals surface area contributed by atoms with E-state index in [2.05, 4.69) is 0 Å². The fourth-order valence-corrected chi connectivity index (χ4v) is 6.22.